The lowest BCUT2D eigenvalue weighted by molar-refractivity contribution is 0.0700. The molecule has 0 unspecified atom stereocenters. The molecule has 0 radical (unpaired) electrons. The van der Waals surface area contributed by atoms with E-state index in [1.807, 2.05) is 20.8 Å². The van der Waals surface area contributed by atoms with Crippen LogP contribution >= 0.6 is 12.2 Å². The molecule has 2 aromatic heterocycles. The third-order valence-corrected chi connectivity index (χ3v) is 2.89. The van der Waals surface area contributed by atoms with E-state index in [4.69, 9.17) is 23.1 Å². The van der Waals surface area contributed by atoms with E-state index in [1.54, 1.807) is 0 Å². The zero-order chi connectivity index (χ0) is 13.7. The van der Waals surface area contributed by atoms with Crippen LogP contribution in [0.5, 0.6) is 0 Å². The summed E-state index contributed by atoms with van der Waals surface area (Å²) in [5.41, 5.74) is 5.94. The number of rotatable bonds is 1. The minimum Gasteiger partial charge on any atom is -0.477 e. The maximum atomic E-state index is 11.1. The molecule has 0 aliphatic heterocycles. The molecule has 0 amide bonds. The molecule has 2 rings (SSSR count). The third-order valence-electron chi connectivity index (χ3n) is 2.51. The highest BCUT2D eigenvalue weighted by Crippen LogP contribution is 2.23. The molecular formula is C10H13N5O2S. The average Bonchev–Trinajstić information content (AvgIpc) is 2.53. The van der Waals surface area contributed by atoms with Gasteiger partial charge in [0.05, 0.1) is 0 Å². The number of nitrogen functional groups attached to an aromatic ring is 1. The molecule has 96 valence electrons. The van der Waals surface area contributed by atoms with Gasteiger partial charge in [-0.1, -0.05) is 33.0 Å². The van der Waals surface area contributed by atoms with E-state index in [0.29, 0.717) is 10.3 Å². The first kappa shape index (κ1) is 12.5. The molecule has 0 aliphatic rings. The molecule has 0 saturated heterocycles. The number of nitrogens with two attached hydrogens (primary N) is 1. The van der Waals surface area contributed by atoms with E-state index in [2.05, 4.69) is 15.3 Å². The minimum atomic E-state index is -1.17. The van der Waals surface area contributed by atoms with E-state index < -0.39 is 5.97 Å². The van der Waals surface area contributed by atoms with Gasteiger partial charge >= 0.3 is 5.97 Å². The van der Waals surface area contributed by atoms with Gasteiger partial charge in [-0.2, -0.15) is 0 Å². The van der Waals surface area contributed by atoms with Gasteiger partial charge in [0.2, 0.25) is 0 Å². The molecule has 0 atom stereocenters. The summed E-state index contributed by atoms with van der Waals surface area (Å²) < 4.78 is 1.76. The summed E-state index contributed by atoms with van der Waals surface area (Å²) >= 11 is 5.28. The van der Waals surface area contributed by atoms with Crippen LogP contribution in [-0.2, 0) is 5.41 Å². The fourth-order valence-corrected chi connectivity index (χ4v) is 2.11. The summed E-state index contributed by atoms with van der Waals surface area (Å²) in [6.07, 6.45) is 0. The quantitative estimate of drug-likeness (QED) is 0.673. The molecule has 4 N–H and O–H groups in total. The zero-order valence-electron chi connectivity index (χ0n) is 10.2. The van der Waals surface area contributed by atoms with Gasteiger partial charge in [-0.05, 0) is 0 Å². The van der Waals surface area contributed by atoms with Crippen molar-refractivity contribution < 1.29 is 9.90 Å². The number of hydrogen-bond acceptors (Lipinski definition) is 5. The number of fused-ring (bicyclic) bond motifs is 1. The van der Waals surface area contributed by atoms with Crippen molar-refractivity contribution in [1.29, 1.82) is 0 Å². The Morgan fingerprint density at radius 1 is 1.44 bits per heavy atom. The summed E-state index contributed by atoms with van der Waals surface area (Å²) in [4.78, 5) is 11.1. The van der Waals surface area contributed by atoms with Crippen molar-refractivity contribution in [2.75, 3.05) is 5.73 Å². The molecule has 7 nitrogen and oxygen atoms in total. The number of anilines is 1. The second-order valence-corrected chi connectivity index (χ2v) is 5.36. The lowest BCUT2D eigenvalue weighted by atomic mass is 9.93. The van der Waals surface area contributed by atoms with Crippen molar-refractivity contribution in [2.24, 2.45) is 0 Å². The Hall–Kier alpha value is -1.96. The summed E-state index contributed by atoms with van der Waals surface area (Å²) in [6, 6.07) is 0. The molecule has 8 heteroatoms. The van der Waals surface area contributed by atoms with Crippen molar-refractivity contribution in [3.05, 3.63) is 15.9 Å². The van der Waals surface area contributed by atoms with Crippen LogP contribution in [0.4, 0.5) is 5.82 Å². The first-order valence-corrected chi connectivity index (χ1v) is 5.65. The molecule has 0 spiro atoms. The van der Waals surface area contributed by atoms with Gasteiger partial charge in [0.25, 0.3) is 0 Å². The normalized spacial score (nSPS) is 11.9. The predicted molar refractivity (Wildman–Crippen MR) is 68.2 cm³/mol. The molecule has 0 aliphatic carbocycles. The molecule has 2 aromatic rings. The summed E-state index contributed by atoms with van der Waals surface area (Å²) in [6.45, 7) is 5.84. The highest BCUT2D eigenvalue weighted by molar-refractivity contribution is 7.71. The van der Waals surface area contributed by atoms with E-state index in [-0.39, 0.29) is 22.4 Å². The van der Waals surface area contributed by atoms with Gasteiger partial charge in [-0.15, -0.1) is 10.2 Å². The van der Waals surface area contributed by atoms with Gasteiger partial charge < -0.3 is 10.8 Å². The van der Waals surface area contributed by atoms with Crippen molar-refractivity contribution in [3.8, 4) is 0 Å². The molecule has 18 heavy (non-hydrogen) atoms. The van der Waals surface area contributed by atoms with E-state index in [0.717, 1.165) is 0 Å². The second kappa shape index (κ2) is 3.77. The van der Waals surface area contributed by atoms with Crippen molar-refractivity contribution in [2.45, 2.75) is 26.2 Å². The Morgan fingerprint density at radius 2 is 2.06 bits per heavy atom. The fraction of sp³-hybridized carbons (Fsp3) is 0.400. The minimum absolute atomic E-state index is 0.00830. The highest BCUT2D eigenvalue weighted by Gasteiger charge is 2.23. The molecule has 0 fully saturated rings. The SMILES string of the molecule is CC(C)(C)c1nnc2c(C(=O)O)c(N)[nH]n2c1=S. The van der Waals surface area contributed by atoms with E-state index >= 15 is 0 Å². The van der Waals surface area contributed by atoms with Crippen LogP contribution < -0.4 is 5.73 Å². The first-order valence-electron chi connectivity index (χ1n) is 5.24. The number of nitrogens with one attached hydrogen (secondary N) is 1. The van der Waals surface area contributed by atoms with Crippen LogP contribution in [-0.4, -0.2) is 30.9 Å². The Labute approximate surface area is 108 Å². The van der Waals surface area contributed by atoms with Gasteiger partial charge in [0, 0.05) is 5.41 Å². The maximum absolute atomic E-state index is 11.1. The van der Waals surface area contributed by atoms with E-state index in [9.17, 15) is 4.79 Å². The zero-order valence-corrected chi connectivity index (χ0v) is 11.0. The van der Waals surface area contributed by atoms with Crippen LogP contribution in [0.1, 0.15) is 36.8 Å². The van der Waals surface area contributed by atoms with E-state index in [1.165, 1.54) is 4.52 Å². The number of carbonyl (C=O) groups is 1. The summed E-state index contributed by atoms with van der Waals surface area (Å²) in [5, 5.41) is 19.7. The molecule has 0 aromatic carbocycles. The fourth-order valence-electron chi connectivity index (χ4n) is 1.63. The number of hydrogen-bond donors (Lipinski definition) is 3. The number of H-pyrrole nitrogens is 1. The van der Waals surface area contributed by atoms with Crippen LogP contribution in [0, 0.1) is 4.64 Å². The number of aromatic nitrogens is 4. The Kier molecular flexibility index (Phi) is 2.62. The van der Waals surface area contributed by atoms with Crippen LogP contribution in [0.2, 0.25) is 0 Å². The number of carboxylic acid groups (broad SMARTS) is 1. The molecule has 2 heterocycles. The van der Waals surface area contributed by atoms with Crippen molar-refractivity contribution in [1.82, 2.24) is 19.8 Å². The topological polar surface area (TPSA) is 109 Å². The molecule has 0 saturated carbocycles. The van der Waals surface area contributed by atoms with Crippen LogP contribution in [0.15, 0.2) is 0 Å². The standard InChI is InChI=1S/C10H13N5O2S/c1-10(2,3)5-8(18)15-7(13-12-5)4(9(16)17)6(11)14-15/h14H,11H2,1-3H3,(H,16,17). The number of aromatic carboxylic acids is 1. The molecule has 0 bridgehead atoms. The predicted octanol–water partition coefficient (Wildman–Crippen LogP) is 1.36. The number of aromatic amines is 1. The Bertz CT molecular complexity index is 695. The smallest absolute Gasteiger partial charge is 0.343 e. The largest absolute Gasteiger partial charge is 0.477 e. The first-order chi connectivity index (χ1) is 8.23. The van der Waals surface area contributed by atoms with Gasteiger partial charge in [-0.3, -0.25) is 5.10 Å². The maximum Gasteiger partial charge on any atom is 0.343 e. The number of nitrogens with zero attached hydrogens (tertiary/aromatic N) is 3. The third kappa shape index (κ3) is 1.74. The summed E-state index contributed by atoms with van der Waals surface area (Å²) in [5.74, 6) is -1.16. The van der Waals surface area contributed by atoms with Gasteiger partial charge in [0.15, 0.2) is 10.3 Å². The van der Waals surface area contributed by atoms with Gasteiger partial charge in [0.1, 0.15) is 17.1 Å². The van der Waals surface area contributed by atoms with Crippen LogP contribution in [0.3, 0.4) is 0 Å². The van der Waals surface area contributed by atoms with Gasteiger partial charge in [-0.25, -0.2) is 9.31 Å². The number of carboxylic acids is 1. The summed E-state index contributed by atoms with van der Waals surface area (Å²) in [7, 11) is 0. The lowest BCUT2D eigenvalue weighted by Gasteiger charge is -2.16. The van der Waals surface area contributed by atoms with Crippen LogP contribution in [0.25, 0.3) is 5.65 Å². The van der Waals surface area contributed by atoms with Crippen molar-refractivity contribution in [3.63, 3.8) is 0 Å². The second-order valence-electron chi connectivity index (χ2n) is 4.97. The van der Waals surface area contributed by atoms with Crippen molar-refractivity contribution >= 4 is 29.7 Å². The Morgan fingerprint density at radius 3 is 2.56 bits per heavy atom. The average molecular weight is 267 g/mol. The lowest BCUT2D eigenvalue weighted by Crippen LogP contribution is -2.17. The Balaban J connectivity index is 2.87. The molecular weight excluding hydrogens is 254 g/mol. The highest BCUT2D eigenvalue weighted by atomic mass is 32.1. The monoisotopic (exact) mass is 267 g/mol.